The van der Waals surface area contributed by atoms with E-state index in [-0.39, 0.29) is 82.7 Å². The normalized spacial score (nSPS) is 0. The summed E-state index contributed by atoms with van der Waals surface area (Å²) in [5, 5.41) is 0. The van der Waals surface area contributed by atoms with Crippen molar-refractivity contribution in [2.75, 3.05) is 0 Å². The van der Waals surface area contributed by atoms with Gasteiger partial charge in [-0.25, -0.2) is 0 Å². The van der Waals surface area contributed by atoms with Crippen LogP contribution in [-0.2, 0) is 33.8 Å². The molecule has 0 aromatic heterocycles. The van der Waals surface area contributed by atoms with Crippen LogP contribution in [0.3, 0.4) is 0 Å². The van der Waals surface area contributed by atoms with E-state index >= 15 is 0 Å². The van der Waals surface area contributed by atoms with E-state index in [4.69, 9.17) is 0 Å². The van der Waals surface area contributed by atoms with Crippen LogP contribution in [0.4, 0.5) is 0 Å². The molecule has 0 bridgehead atoms. The Hall–Kier alpha value is 2.66. The van der Waals surface area contributed by atoms with Crippen molar-refractivity contribution in [1.29, 1.82) is 0 Å². The van der Waals surface area contributed by atoms with Crippen molar-refractivity contribution in [3.05, 3.63) is 0 Å². The van der Waals surface area contributed by atoms with Crippen molar-refractivity contribution < 1.29 is 33.8 Å². The topological polar surface area (TPSA) is 0 Å². The Bertz CT molecular complexity index is 6.00. The van der Waals surface area contributed by atoms with Crippen LogP contribution in [0.15, 0.2) is 0 Å². The molecule has 0 saturated carbocycles. The number of hydrogen-bond acceptors (Lipinski definition) is 0. The molecule has 0 fully saturated rings. The number of rotatable bonds is 0. The molecular formula is H4CoMnSb2. The van der Waals surface area contributed by atoms with Crippen molar-refractivity contribution in [1.82, 2.24) is 0 Å². The molecule has 0 saturated heterocycles. The monoisotopic (exact) mass is 360 g/mol. The molecule has 0 aromatic carbocycles. The summed E-state index contributed by atoms with van der Waals surface area (Å²) in [6.07, 6.45) is 0. The van der Waals surface area contributed by atoms with Gasteiger partial charge in [-0.3, -0.25) is 0 Å². The molecule has 0 amide bonds. The van der Waals surface area contributed by atoms with Crippen LogP contribution in [0.25, 0.3) is 0 Å². The maximum atomic E-state index is 0. The first-order valence-electron chi connectivity index (χ1n) is 0. The fourth-order valence-electron chi connectivity index (χ4n) is 0. The van der Waals surface area contributed by atoms with Gasteiger partial charge in [0.05, 0.1) is 0 Å². The van der Waals surface area contributed by atoms with Gasteiger partial charge in [0.25, 0.3) is 0 Å². The molecule has 0 nitrogen and oxygen atoms in total. The Morgan fingerprint density at radius 2 is 0.750 bits per heavy atom. The Balaban J connectivity index is 0. The van der Waals surface area contributed by atoms with E-state index in [1.165, 1.54) is 0 Å². The van der Waals surface area contributed by atoms with Gasteiger partial charge >= 0.3 is 48.9 Å². The molecule has 4 radical (unpaired) electrons. The van der Waals surface area contributed by atoms with Crippen LogP contribution in [0.5, 0.6) is 0 Å². The summed E-state index contributed by atoms with van der Waals surface area (Å²) in [5.41, 5.74) is 0. The van der Waals surface area contributed by atoms with Gasteiger partial charge in [0, 0.05) is 33.8 Å². The average Bonchev–Trinajstić information content (AvgIpc) is 0. The first kappa shape index (κ1) is 30.1. The first-order valence-corrected chi connectivity index (χ1v) is 0. The Morgan fingerprint density at radius 1 is 0.750 bits per heavy atom. The summed E-state index contributed by atoms with van der Waals surface area (Å²) in [6.45, 7) is 0. The summed E-state index contributed by atoms with van der Waals surface area (Å²) in [6, 6.07) is 0. The SMILES string of the molecule is [Co].[Mn].[SbH2].[SbH2]. The van der Waals surface area contributed by atoms with Crippen LogP contribution in [0, 0.1) is 0 Å². The molecule has 0 rings (SSSR count). The second-order valence-electron chi connectivity index (χ2n) is 0. The fourth-order valence-corrected chi connectivity index (χ4v) is 0. The minimum atomic E-state index is 0. The van der Waals surface area contributed by atoms with Gasteiger partial charge in [-0.15, -0.1) is 0 Å². The molecule has 0 heterocycles. The van der Waals surface area contributed by atoms with Crippen LogP contribution >= 0.6 is 0 Å². The van der Waals surface area contributed by atoms with Gasteiger partial charge in [-0.1, -0.05) is 0 Å². The molecule has 0 spiro atoms. The van der Waals surface area contributed by atoms with Crippen LogP contribution < -0.4 is 0 Å². The van der Waals surface area contributed by atoms with Gasteiger partial charge < -0.3 is 0 Å². The molecule has 4 heavy (non-hydrogen) atoms. The Labute approximate surface area is 81.4 Å². The molecule has 0 aliphatic carbocycles. The van der Waals surface area contributed by atoms with Crippen LogP contribution in [0.2, 0.25) is 0 Å². The molecule has 0 aliphatic rings. The standard InChI is InChI=1S/Co.Mn.2Sb.4H. The molecule has 30 valence electrons. The van der Waals surface area contributed by atoms with E-state index in [1.54, 1.807) is 0 Å². The first-order chi connectivity index (χ1) is 0. The molecule has 0 aromatic rings. The quantitative estimate of drug-likeness (QED) is 0.445. The zero-order valence-corrected chi connectivity index (χ0v) is 10.7. The molecular weight excluding hydrogens is 357 g/mol. The van der Waals surface area contributed by atoms with Gasteiger partial charge in [-0.2, -0.15) is 0 Å². The van der Waals surface area contributed by atoms with Crippen molar-refractivity contribution in [3.8, 4) is 0 Å². The molecule has 0 atom stereocenters. The summed E-state index contributed by atoms with van der Waals surface area (Å²) in [5.74, 6) is 0. The third kappa shape index (κ3) is 8.82. The zero-order chi connectivity index (χ0) is 0. The van der Waals surface area contributed by atoms with Gasteiger partial charge in [0.2, 0.25) is 0 Å². The van der Waals surface area contributed by atoms with E-state index < -0.39 is 0 Å². The van der Waals surface area contributed by atoms with Crippen molar-refractivity contribution >= 4 is 48.9 Å². The van der Waals surface area contributed by atoms with Crippen LogP contribution in [-0.4, -0.2) is 48.9 Å². The maximum absolute atomic E-state index is 0. The molecule has 0 aliphatic heterocycles. The molecule has 0 N–H and O–H groups in total. The Morgan fingerprint density at radius 3 is 0.750 bits per heavy atom. The van der Waals surface area contributed by atoms with E-state index in [0.717, 1.165) is 0 Å². The van der Waals surface area contributed by atoms with Gasteiger partial charge in [0.1, 0.15) is 0 Å². The molecule has 0 unspecified atom stereocenters. The summed E-state index contributed by atoms with van der Waals surface area (Å²) in [4.78, 5) is 0. The fraction of sp³-hybridized carbons (Fsp3) is 0. The van der Waals surface area contributed by atoms with Crippen molar-refractivity contribution in [2.24, 2.45) is 0 Å². The zero-order valence-electron chi connectivity index (χ0n) is 1.87. The van der Waals surface area contributed by atoms with E-state index in [1.807, 2.05) is 0 Å². The second kappa shape index (κ2) is 17.4. The van der Waals surface area contributed by atoms with E-state index in [9.17, 15) is 0 Å². The summed E-state index contributed by atoms with van der Waals surface area (Å²) < 4.78 is 0. The second-order valence-corrected chi connectivity index (χ2v) is 0. The number of hydrogen-bond donors (Lipinski definition) is 0. The summed E-state index contributed by atoms with van der Waals surface area (Å²) >= 11 is 0. The third-order valence-electron chi connectivity index (χ3n) is 0. The van der Waals surface area contributed by atoms with Crippen molar-refractivity contribution in [2.45, 2.75) is 0 Å². The predicted octanol–water partition coefficient (Wildman–Crippen LogP) is -1.84. The molecule has 4 heteroatoms. The Kier molecular flexibility index (Phi) is 131. The van der Waals surface area contributed by atoms with Gasteiger partial charge in [-0.05, 0) is 0 Å². The predicted molar refractivity (Wildman–Crippen MR) is 17.1 cm³/mol. The minimum absolute atomic E-state index is 0. The van der Waals surface area contributed by atoms with E-state index in [2.05, 4.69) is 0 Å². The van der Waals surface area contributed by atoms with Crippen molar-refractivity contribution in [3.63, 3.8) is 0 Å². The van der Waals surface area contributed by atoms with Gasteiger partial charge in [0.15, 0.2) is 0 Å². The average molecular weight is 361 g/mol. The van der Waals surface area contributed by atoms with Crippen LogP contribution in [0.1, 0.15) is 0 Å². The third-order valence-corrected chi connectivity index (χ3v) is 0. The van der Waals surface area contributed by atoms with E-state index in [0.29, 0.717) is 0 Å². The summed E-state index contributed by atoms with van der Waals surface area (Å²) in [7, 11) is 0.